The van der Waals surface area contributed by atoms with Gasteiger partial charge in [0.15, 0.2) is 0 Å². The van der Waals surface area contributed by atoms with Crippen LogP contribution < -0.4 is 9.47 Å². The highest BCUT2D eigenvalue weighted by atomic mass is 16.5. The maximum absolute atomic E-state index is 5.90. The zero-order chi connectivity index (χ0) is 17.3. The number of benzene rings is 2. The van der Waals surface area contributed by atoms with Crippen LogP contribution in [0.3, 0.4) is 0 Å². The molecular formula is C22H29NO2. The third kappa shape index (κ3) is 6.09. The molecule has 0 spiro atoms. The van der Waals surface area contributed by atoms with E-state index in [1.165, 1.54) is 38.9 Å². The number of piperidine rings is 1. The Kier molecular flexibility index (Phi) is 6.75. The second kappa shape index (κ2) is 9.47. The van der Waals surface area contributed by atoms with Gasteiger partial charge in [-0.2, -0.15) is 0 Å². The minimum atomic E-state index is 0.762. The van der Waals surface area contributed by atoms with Gasteiger partial charge in [0.1, 0.15) is 17.2 Å². The maximum atomic E-state index is 5.90. The topological polar surface area (TPSA) is 21.7 Å². The second-order valence-corrected chi connectivity index (χ2v) is 6.99. The normalized spacial score (nSPS) is 18.0. The average molecular weight is 339 g/mol. The van der Waals surface area contributed by atoms with E-state index in [4.69, 9.17) is 9.47 Å². The number of para-hydroxylation sites is 1. The van der Waals surface area contributed by atoms with Crippen molar-refractivity contribution in [1.29, 1.82) is 0 Å². The van der Waals surface area contributed by atoms with Crippen molar-refractivity contribution in [3.8, 4) is 17.2 Å². The Hall–Kier alpha value is -2.00. The summed E-state index contributed by atoms with van der Waals surface area (Å²) < 4.78 is 11.7. The molecule has 0 aromatic heterocycles. The molecule has 0 amide bonds. The molecule has 0 radical (unpaired) electrons. The van der Waals surface area contributed by atoms with Crippen LogP contribution in [0.25, 0.3) is 0 Å². The fraction of sp³-hybridized carbons (Fsp3) is 0.455. The average Bonchev–Trinajstić information content (AvgIpc) is 2.63. The fourth-order valence-electron chi connectivity index (χ4n) is 3.37. The molecule has 0 N–H and O–H groups in total. The lowest BCUT2D eigenvalue weighted by molar-refractivity contribution is 0.177. The minimum absolute atomic E-state index is 0.762. The molecule has 1 saturated heterocycles. The SMILES string of the molecule is C[C@H]1CCCN(CCCCOc2cccc(Oc3ccccc3)c2)C1. The number of rotatable bonds is 8. The highest BCUT2D eigenvalue weighted by Crippen LogP contribution is 2.25. The molecule has 3 nitrogen and oxygen atoms in total. The predicted octanol–water partition coefficient (Wildman–Crippen LogP) is 5.37. The van der Waals surface area contributed by atoms with Crippen LogP contribution in [0.15, 0.2) is 54.6 Å². The summed E-state index contributed by atoms with van der Waals surface area (Å²) >= 11 is 0. The number of ether oxygens (including phenoxy) is 2. The quantitative estimate of drug-likeness (QED) is 0.604. The molecule has 3 heteroatoms. The molecule has 1 heterocycles. The summed E-state index contributed by atoms with van der Waals surface area (Å²) in [6.07, 6.45) is 5.04. The summed E-state index contributed by atoms with van der Waals surface area (Å²) in [5, 5.41) is 0. The first-order valence-electron chi connectivity index (χ1n) is 9.48. The van der Waals surface area contributed by atoms with Crippen LogP contribution in [-0.2, 0) is 0 Å². The van der Waals surface area contributed by atoms with Gasteiger partial charge in [0.05, 0.1) is 6.61 Å². The molecule has 0 bridgehead atoms. The first kappa shape index (κ1) is 17.8. The third-order valence-electron chi connectivity index (χ3n) is 4.66. The van der Waals surface area contributed by atoms with E-state index in [2.05, 4.69) is 11.8 Å². The zero-order valence-electron chi connectivity index (χ0n) is 15.2. The molecule has 1 atom stereocenters. The number of nitrogens with zero attached hydrogens (tertiary/aromatic N) is 1. The molecule has 25 heavy (non-hydrogen) atoms. The third-order valence-corrected chi connectivity index (χ3v) is 4.66. The van der Waals surface area contributed by atoms with Crippen molar-refractivity contribution in [2.24, 2.45) is 5.92 Å². The molecule has 2 aromatic rings. The minimum Gasteiger partial charge on any atom is -0.493 e. The summed E-state index contributed by atoms with van der Waals surface area (Å²) in [5.74, 6) is 3.39. The van der Waals surface area contributed by atoms with Gasteiger partial charge < -0.3 is 14.4 Å². The number of likely N-dealkylation sites (tertiary alicyclic amines) is 1. The highest BCUT2D eigenvalue weighted by Gasteiger charge is 2.15. The lowest BCUT2D eigenvalue weighted by Crippen LogP contribution is -2.35. The van der Waals surface area contributed by atoms with Crippen LogP contribution >= 0.6 is 0 Å². The van der Waals surface area contributed by atoms with Gasteiger partial charge >= 0.3 is 0 Å². The molecule has 0 saturated carbocycles. The first-order chi connectivity index (χ1) is 12.3. The zero-order valence-corrected chi connectivity index (χ0v) is 15.2. The monoisotopic (exact) mass is 339 g/mol. The number of unbranched alkanes of at least 4 members (excludes halogenated alkanes) is 1. The van der Waals surface area contributed by atoms with Crippen molar-refractivity contribution in [2.75, 3.05) is 26.2 Å². The van der Waals surface area contributed by atoms with Crippen LogP contribution in [0.5, 0.6) is 17.2 Å². The predicted molar refractivity (Wildman–Crippen MR) is 103 cm³/mol. The molecule has 0 unspecified atom stereocenters. The molecule has 2 aromatic carbocycles. The molecule has 1 aliphatic rings. The highest BCUT2D eigenvalue weighted by molar-refractivity contribution is 5.36. The van der Waals surface area contributed by atoms with E-state index in [1.807, 2.05) is 54.6 Å². The molecule has 1 aliphatic heterocycles. The van der Waals surface area contributed by atoms with E-state index in [1.54, 1.807) is 0 Å². The van der Waals surface area contributed by atoms with Crippen molar-refractivity contribution in [3.63, 3.8) is 0 Å². The van der Waals surface area contributed by atoms with Gasteiger partial charge in [-0.3, -0.25) is 0 Å². The van der Waals surface area contributed by atoms with E-state index >= 15 is 0 Å². The van der Waals surface area contributed by atoms with Crippen LogP contribution in [-0.4, -0.2) is 31.1 Å². The Balaban J connectivity index is 1.37. The van der Waals surface area contributed by atoms with E-state index < -0.39 is 0 Å². The van der Waals surface area contributed by atoms with Crippen molar-refractivity contribution >= 4 is 0 Å². The Labute approximate surface area is 151 Å². The van der Waals surface area contributed by atoms with Gasteiger partial charge in [-0.05, 0) is 69.0 Å². The van der Waals surface area contributed by atoms with Gasteiger partial charge in [0.25, 0.3) is 0 Å². The first-order valence-corrected chi connectivity index (χ1v) is 9.48. The molecular weight excluding hydrogens is 310 g/mol. The van der Waals surface area contributed by atoms with Crippen LogP contribution in [0.1, 0.15) is 32.6 Å². The van der Waals surface area contributed by atoms with E-state index in [9.17, 15) is 0 Å². The van der Waals surface area contributed by atoms with Crippen molar-refractivity contribution in [3.05, 3.63) is 54.6 Å². The van der Waals surface area contributed by atoms with Crippen LogP contribution in [0.2, 0.25) is 0 Å². The number of hydrogen-bond donors (Lipinski definition) is 0. The largest absolute Gasteiger partial charge is 0.493 e. The molecule has 134 valence electrons. The molecule has 1 fully saturated rings. The fourth-order valence-corrected chi connectivity index (χ4v) is 3.37. The summed E-state index contributed by atoms with van der Waals surface area (Å²) in [7, 11) is 0. The Morgan fingerprint density at radius 1 is 0.960 bits per heavy atom. The standard InChI is InChI=1S/C22H29NO2/c1-19-9-8-15-23(18-19)14-5-6-16-24-21-12-7-13-22(17-21)25-20-10-3-2-4-11-20/h2-4,7,10-13,17,19H,5-6,8-9,14-16,18H2,1H3/t19-/m0/s1. The summed E-state index contributed by atoms with van der Waals surface area (Å²) in [6.45, 7) is 6.85. The van der Waals surface area contributed by atoms with E-state index in [0.717, 1.165) is 36.2 Å². The van der Waals surface area contributed by atoms with Crippen molar-refractivity contribution in [2.45, 2.75) is 32.6 Å². The summed E-state index contributed by atoms with van der Waals surface area (Å²) in [6, 6.07) is 17.7. The summed E-state index contributed by atoms with van der Waals surface area (Å²) in [5.41, 5.74) is 0. The second-order valence-electron chi connectivity index (χ2n) is 6.99. The lowest BCUT2D eigenvalue weighted by atomic mass is 10.0. The van der Waals surface area contributed by atoms with Gasteiger partial charge in [-0.1, -0.05) is 31.2 Å². The van der Waals surface area contributed by atoms with Crippen molar-refractivity contribution < 1.29 is 9.47 Å². The van der Waals surface area contributed by atoms with Crippen LogP contribution in [0, 0.1) is 5.92 Å². The van der Waals surface area contributed by atoms with Crippen LogP contribution in [0.4, 0.5) is 0 Å². The Morgan fingerprint density at radius 2 is 1.76 bits per heavy atom. The maximum Gasteiger partial charge on any atom is 0.131 e. The van der Waals surface area contributed by atoms with Gasteiger partial charge in [-0.25, -0.2) is 0 Å². The van der Waals surface area contributed by atoms with Gasteiger partial charge in [0, 0.05) is 12.6 Å². The lowest BCUT2D eigenvalue weighted by Gasteiger charge is -2.30. The Morgan fingerprint density at radius 3 is 2.60 bits per heavy atom. The molecule has 0 aliphatic carbocycles. The van der Waals surface area contributed by atoms with Gasteiger partial charge in [-0.15, -0.1) is 0 Å². The summed E-state index contributed by atoms with van der Waals surface area (Å²) in [4.78, 5) is 2.60. The number of hydrogen-bond acceptors (Lipinski definition) is 3. The van der Waals surface area contributed by atoms with E-state index in [0.29, 0.717) is 0 Å². The van der Waals surface area contributed by atoms with Gasteiger partial charge in [0.2, 0.25) is 0 Å². The molecule has 3 rings (SSSR count). The smallest absolute Gasteiger partial charge is 0.131 e. The Bertz CT molecular complexity index is 629. The van der Waals surface area contributed by atoms with Crippen molar-refractivity contribution in [1.82, 2.24) is 4.90 Å². The van der Waals surface area contributed by atoms with E-state index in [-0.39, 0.29) is 0 Å².